The van der Waals surface area contributed by atoms with Crippen molar-refractivity contribution < 1.29 is 17.9 Å². The molecule has 4 rings (SSSR count). The van der Waals surface area contributed by atoms with Gasteiger partial charge < -0.3 is 10.1 Å². The predicted octanol–water partition coefficient (Wildman–Crippen LogP) is 4.61. The van der Waals surface area contributed by atoms with Gasteiger partial charge in [0.2, 0.25) is 10.0 Å². The van der Waals surface area contributed by atoms with Crippen LogP contribution in [0.2, 0.25) is 5.02 Å². The van der Waals surface area contributed by atoms with E-state index in [2.05, 4.69) is 10.3 Å². The first kappa shape index (κ1) is 24.7. The zero-order chi connectivity index (χ0) is 24.3. The Labute approximate surface area is 208 Å². The molecule has 0 atom stereocenters. The molecule has 1 N–H and O–H groups in total. The fraction of sp³-hybridized carbons (Fsp3) is 0.333. The number of hydrogen-bond acceptors (Lipinski definition) is 6. The van der Waals surface area contributed by atoms with Crippen molar-refractivity contribution in [1.82, 2.24) is 14.6 Å². The summed E-state index contributed by atoms with van der Waals surface area (Å²) in [4.78, 5) is 17.3. The maximum Gasteiger partial charge on any atom is 0.271 e. The van der Waals surface area contributed by atoms with Gasteiger partial charge >= 0.3 is 0 Å². The van der Waals surface area contributed by atoms with E-state index in [1.54, 1.807) is 24.6 Å². The van der Waals surface area contributed by atoms with Gasteiger partial charge in [0.05, 0.1) is 17.0 Å². The molecule has 1 saturated heterocycles. The second-order valence-corrected chi connectivity index (χ2v) is 11.4. The summed E-state index contributed by atoms with van der Waals surface area (Å²) >= 11 is 7.58. The zero-order valence-electron chi connectivity index (χ0n) is 19.0. The number of thiazole rings is 1. The fourth-order valence-corrected chi connectivity index (χ4v) is 6.53. The lowest BCUT2D eigenvalue weighted by Gasteiger charge is -2.30. The van der Waals surface area contributed by atoms with Crippen molar-refractivity contribution in [3.05, 3.63) is 74.7 Å². The number of nitrogens with zero attached hydrogens (tertiary/aromatic N) is 2. The lowest BCUT2D eigenvalue weighted by Crippen LogP contribution is -2.37. The number of aryl methyl sites for hydroxylation is 1. The largest absolute Gasteiger partial charge is 0.497 e. The Morgan fingerprint density at radius 2 is 1.91 bits per heavy atom. The highest BCUT2D eigenvalue weighted by Crippen LogP contribution is 2.33. The second-order valence-electron chi connectivity index (χ2n) is 8.19. The Bertz CT molecular complexity index is 1270. The molecule has 34 heavy (non-hydrogen) atoms. The van der Waals surface area contributed by atoms with E-state index in [1.807, 2.05) is 31.2 Å². The van der Waals surface area contributed by atoms with Crippen LogP contribution in [0.1, 0.15) is 45.4 Å². The van der Waals surface area contributed by atoms with E-state index in [-0.39, 0.29) is 16.7 Å². The van der Waals surface area contributed by atoms with Crippen molar-refractivity contribution in [2.45, 2.75) is 37.1 Å². The molecule has 1 fully saturated rings. The molecule has 3 aromatic rings. The quantitative estimate of drug-likeness (QED) is 0.492. The average molecular weight is 520 g/mol. The van der Waals surface area contributed by atoms with Crippen molar-refractivity contribution in [1.29, 1.82) is 0 Å². The van der Waals surface area contributed by atoms with Gasteiger partial charge in [0.1, 0.15) is 11.4 Å². The number of ether oxygens (including phenoxy) is 1. The number of carbonyl (C=O) groups excluding carboxylic acids is 1. The number of carbonyl (C=O) groups is 1. The molecule has 0 saturated carbocycles. The first-order valence-corrected chi connectivity index (χ1v) is 13.6. The van der Waals surface area contributed by atoms with Crippen LogP contribution in [-0.4, -0.2) is 43.8 Å². The van der Waals surface area contributed by atoms with Crippen molar-refractivity contribution in [3.8, 4) is 5.75 Å². The zero-order valence-corrected chi connectivity index (χ0v) is 21.3. The summed E-state index contributed by atoms with van der Waals surface area (Å²) in [6.45, 7) is 3.04. The first-order chi connectivity index (χ1) is 16.3. The molecule has 0 unspecified atom stereocenters. The monoisotopic (exact) mass is 519 g/mol. The SMILES string of the molecule is COc1ccc(CNC(=O)c2csc(C3CCN(S(=O)(=O)c4ccc(C)c(Cl)c4)CC3)n2)cc1. The van der Waals surface area contributed by atoms with E-state index in [0.29, 0.717) is 43.2 Å². The molecular formula is C24H26ClN3O4S2. The van der Waals surface area contributed by atoms with Gasteiger partial charge in [-0.15, -0.1) is 11.3 Å². The van der Waals surface area contributed by atoms with E-state index >= 15 is 0 Å². The highest BCUT2D eigenvalue weighted by Gasteiger charge is 2.31. The van der Waals surface area contributed by atoms with Gasteiger partial charge in [-0.1, -0.05) is 29.8 Å². The number of rotatable bonds is 7. The Morgan fingerprint density at radius 1 is 1.21 bits per heavy atom. The summed E-state index contributed by atoms with van der Waals surface area (Å²) in [5, 5.41) is 5.96. The van der Waals surface area contributed by atoms with Gasteiger partial charge in [0.15, 0.2) is 0 Å². The van der Waals surface area contributed by atoms with Crippen molar-refractivity contribution in [2.24, 2.45) is 0 Å². The summed E-state index contributed by atoms with van der Waals surface area (Å²) in [5.74, 6) is 0.663. The maximum atomic E-state index is 13.0. The number of sulfonamides is 1. The number of methoxy groups -OCH3 is 1. The Kier molecular flexibility index (Phi) is 7.57. The van der Waals surface area contributed by atoms with Gasteiger partial charge in [0.25, 0.3) is 5.91 Å². The fourth-order valence-electron chi connectivity index (χ4n) is 3.82. The summed E-state index contributed by atoms with van der Waals surface area (Å²) in [5.41, 5.74) is 2.19. The molecule has 1 aliphatic heterocycles. The van der Waals surface area contributed by atoms with Crippen molar-refractivity contribution >= 4 is 38.9 Å². The molecule has 0 bridgehead atoms. The second kappa shape index (κ2) is 10.4. The van der Waals surface area contributed by atoms with Gasteiger partial charge in [-0.3, -0.25) is 4.79 Å². The van der Waals surface area contributed by atoms with Crippen LogP contribution >= 0.6 is 22.9 Å². The summed E-state index contributed by atoms with van der Waals surface area (Å²) in [7, 11) is -1.98. The molecule has 1 aliphatic rings. The summed E-state index contributed by atoms with van der Waals surface area (Å²) < 4.78 is 32.7. The van der Waals surface area contributed by atoms with E-state index < -0.39 is 10.0 Å². The topological polar surface area (TPSA) is 88.6 Å². The Morgan fingerprint density at radius 3 is 2.56 bits per heavy atom. The lowest BCUT2D eigenvalue weighted by molar-refractivity contribution is 0.0946. The van der Waals surface area contributed by atoms with Gasteiger partial charge in [-0.2, -0.15) is 4.31 Å². The number of piperidine rings is 1. The first-order valence-electron chi connectivity index (χ1n) is 10.9. The van der Waals surface area contributed by atoms with Crippen LogP contribution in [0.3, 0.4) is 0 Å². The van der Waals surface area contributed by atoms with Gasteiger partial charge in [-0.05, 0) is 55.2 Å². The van der Waals surface area contributed by atoms with Crippen LogP contribution in [0, 0.1) is 6.92 Å². The summed E-state index contributed by atoms with van der Waals surface area (Å²) in [6, 6.07) is 12.3. The van der Waals surface area contributed by atoms with E-state index in [0.717, 1.165) is 21.9 Å². The Balaban J connectivity index is 1.33. The minimum Gasteiger partial charge on any atom is -0.497 e. The number of aromatic nitrogens is 1. The molecule has 0 radical (unpaired) electrons. The number of hydrogen-bond donors (Lipinski definition) is 1. The highest BCUT2D eigenvalue weighted by molar-refractivity contribution is 7.89. The third kappa shape index (κ3) is 5.43. The van der Waals surface area contributed by atoms with Crippen LogP contribution in [0.5, 0.6) is 5.75 Å². The maximum absolute atomic E-state index is 13.0. The Hall–Kier alpha value is -2.46. The predicted molar refractivity (Wildman–Crippen MR) is 133 cm³/mol. The van der Waals surface area contributed by atoms with E-state index in [1.165, 1.54) is 21.7 Å². The van der Waals surface area contributed by atoms with Crippen molar-refractivity contribution in [3.63, 3.8) is 0 Å². The van der Waals surface area contributed by atoms with E-state index in [4.69, 9.17) is 16.3 Å². The smallest absolute Gasteiger partial charge is 0.271 e. The molecular weight excluding hydrogens is 494 g/mol. The van der Waals surface area contributed by atoms with Crippen LogP contribution in [-0.2, 0) is 16.6 Å². The average Bonchev–Trinajstić information content (AvgIpc) is 3.35. The molecule has 0 spiro atoms. The standard InChI is InChI=1S/C24H26ClN3O4S2/c1-16-3-8-20(13-21(16)25)34(30,31)28-11-9-18(10-12-28)24-27-22(15-33-24)23(29)26-14-17-4-6-19(32-2)7-5-17/h3-8,13,15,18H,9-12,14H2,1-2H3,(H,26,29). The number of halogens is 1. The molecule has 7 nitrogen and oxygen atoms in total. The van der Waals surface area contributed by atoms with Crippen LogP contribution in [0.4, 0.5) is 0 Å². The highest BCUT2D eigenvalue weighted by atomic mass is 35.5. The van der Waals surface area contributed by atoms with Gasteiger partial charge in [0, 0.05) is 36.0 Å². The molecule has 0 aliphatic carbocycles. The normalized spacial score (nSPS) is 15.3. The summed E-state index contributed by atoms with van der Waals surface area (Å²) in [6.07, 6.45) is 1.30. The molecule has 180 valence electrons. The number of nitrogens with one attached hydrogen (secondary N) is 1. The van der Waals surface area contributed by atoms with Crippen LogP contribution in [0.15, 0.2) is 52.7 Å². The third-order valence-corrected chi connectivity index (χ3v) is 9.26. The minimum atomic E-state index is -3.59. The minimum absolute atomic E-state index is 0.126. The molecule has 2 heterocycles. The molecule has 1 amide bonds. The van der Waals surface area contributed by atoms with E-state index in [9.17, 15) is 13.2 Å². The molecule has 10 heteroatoms. The van der Waals surface area contributed by atoms with Gasteiger partial charge in [-0.25, -0.2) is 13.4 Å². The number of amides is 1. The molecule has 2 aromatic carbocycles. The van der Waals surface area contributed by atoms with Crippen LogP contribution < -0.4 is 10.1 Å². The van der Waals surface area contributed by atoms with Crippen LogP contribution in [0.25, 0.3) is 0 Å². The molecule has 1 aromatic heterocycles. The van der Waals surface area contributed by atoms with Crippen molar-refractivity contribution in [2.75, 3.05) is 20.2 Å². The third-order valence-electron chi connectivity index (χ3n) is 5.95. The number of benzene rings is 2. The lowest BCUT2D eigenvalue weighted by atomic mass is 9.99.